The van der Waals surface area contributed by atoms with E-state index >= 15 is 0 Å². The van der Waals surface area contributed by atoms with E-state index in [2.05, 4.69) is 67.8 Å². The Kier molecular flexibility index (Phi) is 56.6. The van der Waals surface area contributed by atoms with Gasteiger partial charge in [0.05, 0.1) is 25.4 Å². The molecule has 1 aliphatic heterocycles. The van der Waals surface area contributed by atoms with E-state index in [4.69, 9.17) is 9.47 Å². The van der Waals surface area contributed by atoms with Crippen LogP contribution in [-0.4, -0.2) is 110 Å². The van der Waals surface area contributed by atoms with E-state index in [0.29, 0.717) is 19.3 Å². The largest absolute Gasteiger partial charge is 0.394 e. The molecule has 482 valence electrons. The summed E-state index contributed by atoms with van der Waals surface area (Å²) >= 11 is 0. The van der Waals surface area contributed by atoms with Crippen molar-refractivity contribution in [1.82, 2.24) is 5.32 Å². The Labute approximate surface area is 504 Å². The molecule has 0 aromatic carbocycles. The van der Waals surface area contributed by atoms with Crippen LogP contribution in [0.15, 0.2) is 48.6 Å². The molecule has 9 unspecified atom stereocenters. The first kappa shape index (κ1) is 78.1. The Balaban J connectivity index is 2.25. The van der Waals surface area contributed by atoms with Crippen LogP contribution < -0.4 is 5.32 Å². The molecule has 0 spiro atoms. The zero-order chi connectivity index (χ0) is 59.6. The van der Waals surface area contributed by atoms with Crippen LogP contribution in [0.5, 0.6) is 0 Å². The fourth-order valence-corrected chi connectivity index (χ4v) is 11.2. The molecule has 82 heavy (non-hydrogen) atoms. The van der Waals surface area contributed by atoms with Crippen molar-refractivity contribution in [1.29, 1.82) is 0 Å². The van der Waals surface area contributed by atoms with Crippen molar-refractivity contribution >= 4 is 5.91 Å². The van der Waals surface area contributed by atoms with Crippen molar-refractivity contribution < 1.29 is 50.0 Å². The number of nitrogens with one attached hydrogen (secondary N) is 1. The Morgan fingerprint density at radius 3 is 1.09 bits per heavy atom. The Morgan fingerprint density at radius 2 is 0.732 bits per heavy atom. The fourth-order valence-electron chi connectivity index (χ4n) is 11.2. The number of aliphatic hydroxyl groups excluding tert-OH is 7. The maximum absolute atomic E-state index is 13.2. The molecule has 0 radical (unpaired) electrons. The molecule has 1 heterocycles. The molecule has 1 fully saturated rings. The summed E-state index contributed by atoms with van der Waals surface area (Å²) in [5.41, 5.74) is 0. The van der Waals surface area contributed by atoms with Gasteiger partial charge in [0.1, 0.15) is 36.6 Å². The highest BCUT2D eigenvalue weighted by Gasteiger charge is 2.44. The molecule has 0 aromatic rings. The van der Waals surface area contributed by atoms with Crippen molar-refractivity contribution in [2.45, 2.75) is 384 Å². The monoisotopic (exact) mass is 1160 g/mol. The van der Waals surface area contributed by atoms with Crippen LogP contribution >= 0.6 is 0 Å². The molecule has 0 aliphatic carbocycles. The summed E-state index contributed by atoms with van der Waals surface area (Å²) in [7, 11) is 0. The van der Waals surface area contributed by atoms with Crippen LogP contribution in [-0.2, 0) is 14.3 Å². The molecule has 1 saturated heterocycles. The van der Waals surface area contributed by atoms with Gasteiger partial charge in [-0.3, -0.25) is 4.79 Å². The third kappa shape index (κ3) is 46.3. The molecule has 9 atom stereocenters. The molecule has 0 saturated carbocycles. The van der Waals surface area contributed by atoms with Crippen LogP contribution in [0.4, 0.5) is 0 Å². The van der Waals surface area contributed by atoms with E-state index in [0.717, 1.165) is 57.8 Å². The SMILES string of the molecule is CCCCCCCCCCCCCC/C=C\CCCCCCCCCC(O)C(=O)NC(COC1OC(CO)C(O)C(O)C1O)C(O)C(O)CCC/C=C/CC/C=C/CC/C=C/CCCCCCCCCCCCCCCCCCCCC. The highest BCUT2D eigenvalue weighted by Crippen LogP contribution is 2.24. The van der Waals surface area contributed by atoms with Gasteiger partial charge in [0.25, 0.3) is 0 Å². The van der Waals surface area contributed by atoms with Gasteiger partial charge in [-0.05, 0) is 89.9 Å². The molecule has 0 bridgehead atoms. The summed E-state index contributed by atoms with van der Waals surface area (Å²) < 4.78 is 11.2. The lowest BCUT2D eigenvalue weighted by molar-refractivity contribution is -0.303. The van der Waals surface area contributed by atoms with E-state index in [1.54, 1.807) is 0 Å². The van der Waals surface area contributed by atoms with E-state index in [-0.39, 0.29) is 12.8 Å². The van der Waals surface area contributed by atoms with E-state index in [9.17, 15) is 40.5 Å². The number of unbranched alkanes of at least 4 members (excludes halogenated alkanes) is 41. The fraction of sp³-hybridized carbons (Fsp3) is 0.873. The van der Waals surface area contributed by atoms with Gasteiger partial charge in [-0.25, -0.2) is 0 Å². The van der Waals surface area contributed by atoms with Crippen molar-refractivity contribution in [3.63, 3.8) is 0 Å². The minimum Gasteiger partial charge on any atom is -0.394 e. The maximum Gasteiger partial charge on any atom is 0.249 e. The number of aliphatic hydroxyl groups is 7. The number of ether oxygens (including phenoxy) is 2. The van der Waals surface area contributed by atoms with E-state index < -0.39 is 74.2 Å². The second-order valence-corrected chi connectivity index (χ2v) is 24.6. The maximum atomic E-state index is 13.2. The lowest BCUT2D eigenvalue weighted by Gasteiger charge is -2.40. The zero-order valence-corrected chi connectivity index (χ0v) is 53.2. The van der Waals surface area contributed by atoms with Crippen molar-refractivity contribution in [3.8, 4) is 0 Å². The molecule has 1 rings (SSSR count). The first-order valence-corrected chi connectivity index (χ1v) is 35.0. The van der Waals surface area contributed by atoms with Crippen LogP contribution in [0.1, 0.15) is 328 Å². The number of hydrogen-bond acceptors (Lipinski definition) is 10. The molecular weight excluding hydrogens is 1030 g/mol. The number of allylic oxidation sites excluding steroid dienone is 8. The molecule has 0 aromatic heterocycles. The number of carbonyl (C=O) groups excluding carboxylic acids is 1. The average molecular weight is 1160 g/mol. The van der Waals surface area contributed by atoms with Crippen molar-refractivity contribution in [3.05, 3.63) is 48.6 Å². The van der Waals surface area contributed by atoms with Gasteiger partial charge < -0.3 is 50.5 Å². The number of rotatable bonds is 61. The summed E-state index contributed by atoms with van der Waals surface area (Å²) in [5, 5.41) is 76.4. The number of carbonyl (C=O) groups is 1. The molecule has 11 nitrogen and oxygen atoms in total. The summed E-state index contributed by atoms with van der Waals surface area (Å²) in [5.74, 6) is -0.713. The molecular formula is C71H133NO10. The molecule has 11 heteroatoms. The van der Waals surface area contributed by atoms with Gasteiger partial charge in [-0.15, -0.1) is 0 Å². The second-order valence-electron chi connectivity index (χ2n) is 24.6. The molecule has 1 amide bonds. The highest BCUT2D eigenvalue weighted by molar-refractivity contribution is 5.80. The number of amides is 1. The van der Waals surface area contributed by atoms with Gasteiger partial charge in [0.2, 0.25) is 5.91 Å². The second kappa shape index (κ2) is 59.4. The minimum atomic E-state index is -1.68. The Bertz CT molecular complexity index is 1470. The predicted molar refractivity (Wildman–Crippen MR) is 344 cm³/mol. The summed E-state index contributed by atoms with van der Waals surface area (Å²) in [6.45, 7) is 3.48. The van der Waals surface area contributed by atoms with Gasteiger partial charge >= 0.3 is 0 Å². The molecule has 1 aliphatic rings. The van der Waals surface area contributed by atoms with Crippen LogP contribution in [0, 0.1) is 0 Å². The normalized spacial score (nSPS) is 19.4. The van der Waals surface area contributed by atoms with Gasteiger partial charge in [0.15, 0.2) is 6.29 Å². The topological polar surface area (TPSA) is 189 Å². The first-order valence-electron chi connectivity index (χ1n) is 35.0. The average Bonchev–Trinajstić information content (AvgIpc) is 3.53. The summed E-state index contributed by atoms with van der Waals surface area (Å²) in [6, 6.07) is -1.20. The standard InChI is InChI=1S/C71H133NO10/c1-3-5-7-9-11-13-15-17-19-21-23-25-27-28-29-30-31-32-33-34-35-37-38-40-42-44-46-48-50-52-54-56-58-63(74)66(76)62(61-81-71-69(79)68(78)67(77)65(60-73)82-71)72-70(80)64(75)59-57-55-53-51-49-47-45-43-41-39-36-26-24-22-20-18-16-14-12-10-8-6-4-2/h35,37,39,41-42,44,50,52,62-69,71,73-79H,3-34,36,38,40,43,45-49,51,53-61H2,1-2H3,(H,72,80)/b37-35+,41-39-,44-42+,52-50+. The highest BCUT2D eigenvalue weighted by atomic mass is 16.7. The van der Waals surface area contributed by atoms with Crippen molar-refractivity contribution in [2.75, 3.05) is 13.2 Å². The lowest BCUT2D eigenvalue weighted by Crippen LogP contribution is -2.60. The zero-order valence-electron chi connectivity index (χ0n) is 53.2. The third-order valence-electron chi connectivity index (χ3n) is 16.8. The minimum absolute atomic E-state index is 0.240. The van der Waals surface area contributed by atoms with Crippen LogP contribution in [0.2, 0.25) is 0 Å². The Hall–Kier alpha value is -1.93. The number of hydrogen-bond donors (Lipinski definition) is 8. The van der Waals surface area contributed by atoms with Gasteiger partial charge in [-0.2, -0.15) is 0 Å². The quantitative estimate of drug-likeness (QED) is 0.0215. The van der Waals surface area contributed by atoms with E-state index in [1.165, 1.54) is 225 Å². The van der Waals surface area contributed by atoms with Crippen LogP contribution in [0.25, 0.3) is 0 Å². The molecule has 8 N–H and O–H groups in total. The summed E-state index contributed by atoms with van der Waals surface area (Å²) in [6.07, 6.45) is 66.3. The van der Waals surface area contributed by atoms with E-state index in [1.807, 2.05) is 0 Å². The van der Waals surface area contributed by atoms with Gasteiger partial charge in [0, 0.05) is 0 Å². The van der Waals surface area contributed by atoms with Crippen LogP contribution in [0.3, 0.4) is 0 Å². The third-order valence-corrected chi connectivity index (χ3v) is 16.8. The smallest absolute Gasteiger partial charge is 0.249 e. The lowest BCUT2D eigenvalue weighted by atomic mass is 9.98. The predicted octanol–water partition coefficient (Wildman–Crippen LogP) is 16.7. The first-order chi connectivity index (χ1) is 40.2. The van der Waals surface area contributed by atoms with Gasteiger partial charge in [-0.1, -0.05) is 287 Å². The van der Waals surface area contributed by atoms with Crippen molar-refractivity contribution in [2.24, 2.45) is 0 Å². The summed E-state index contributed by atoms with van der Waals surface area (Å²) in [4.78, 5) is 13.2. The Morgan fingerprint density at radius 1 is 0.415 bits per heavy atom.